The minimum atomic E-state index is -3.40. The van der Waals surface area contributed by atoms with Gasteiger partial charge >= 0.3 is 0 Å². The maximum absolute atomic E-state index is 12.5. The first-order chi connectivity index (χ1) is 12.4. The third kappa shape index (κ3) is 4.14. The molecule has 0 bridgehead atoms. The number of aryl methyl sites for hydroxylation is 1. The highest BCUT2D eigenvalue weighted by Crippen LogP contribution is 2.33. The number of hydrogen-bond acceptors (Lipinski definition) is 4. The summed E-state index contributed by atoms with van der Waals surface area (Å²) in [6.45, 7) is 0.205. The molecule has 2 aromatic rings. The molecule has 3 rings (SSSR count). The summed E-state index contributed by atoms with van der Waals surface area (Å²) in [7, 11) is -1.46. The number of para-hydroxylation sites is 1. The zero-order valence-electron chi connectivity index (χ0n) is 15.1. The van der Waals surface area contributed by atoms with E-state index in [0.717, 1.165) is 25.5 Å². The highest BCUT2D eigenvalue weighted by atomic mass is 32.2. The molecule has 1 atom stereocenters. The van der Waals surface area contributed by atoms with E-state index in [-0.39, 0.29) is 23.4 Å². The van der Waals surface area contributed by atoms with Crippen molar-refractivity contribution in [3.05, 3.63) is 59.7 Å². The molecule has 0 unspecified atom stereocenters. The third-order valence-electron chi connectivity index (χ3n) is 4.82. The molecule has 0 heterocycles. The van der Waals surface area contributed by atoms with Gasteiger partial charge in [0.1, 0.15) is 0 Å². The summed E-state index contributed by atoms with van der Waals surface area (Å²) < 4.78 is 23.8. The quantitative estimate of drug-likeness (QED) is 0.876. The van der Waals surface area contributed by atoms with Gasteiger partial charge in [0.2, 0.25) is 5.91 Å². The monoisotopic (exact) mass is 372 g/mol. The molecule has 2 aromatic carbocycles. The van der Waals surface area contributed by atoms with E-state index in [9.17, 15) is 13.2 Å². The highest BCUT2D eigenvalue weighted by molar-refractivity contribution is 7.90. The Labute approximate surface area is 154 Å². The van der Waals surface area contributed by atoms with Gasteiger partial charge in [0.25, 0.3) is 0 Å². The number of sulfone groups is 1. The highest BCUT2D eigenvalue weighted by Gasteiger charge is 2.25. The van der Waals surface area contributed by atoms with Crippen LogP contribution in [0.1, 0.15) is 30.0 Å². The molecule has 0 aromatic heterocycles. The summed E-state index contributed by atoms with van der Waals surface area (Å²) in [6.07, 6.45) is 4.34. The predicted molar refractivity (Wildman–Crippen MR) is 103 cm³/mol. The Morgan fingerprint density at radius 3 is 2.62 bits per heavy atom. The maximum atomic E-state index is 12.5. The molecule has 138 valence electrons. The summed E-state index contributed by atoms with van der Waals surface area (Å²) in [5.74, 6) is -0.216. The van der Waals surface area contributed by atoms with Crippen molar-refractivity contribution in [2.24, 2.45) is 0 Å². The molecule has 6 heteroatoms. The average molecular weight is 372 g/mol. The van der Waals surface area contributed by atoms with Crippen LogP contribution in [-0.4, -0.2) is 39.1 Å². The molecule has 0 spiro atoms. The van der Waals surface area contributed by atoms with E-state index in [1.807, 2.05) is 18.0 Å². The van der Waals surface area contributed by atoms with Crippen LogP contribution in [0.25, 0.3) is 0 Å². The summed E-state index contributed by atoms with van der Waals surface area (Å²) in [5, 5.41) is 2.75. The number of likely N-dealkylation sites (N-methyl/N-ethyl adjacent to an activating group) is 1. The van der Waals surface area contributed by atoms with Gasteiger partial charge in [0.15, 0.2) is 9.84 Å². The number of carbonyl (C=O) groups is 1. The van der Waals surface area contributed by atoms with Crippen LogP contribution in [0.3, 0.4) is 0 Å². The number of nitrogens with one attached hydrogen (secondary N) is 1. The van der Waals surface area contributed by atoms with Crippen LogP contribution in [-0.2, 0) is 21.1 Å². The Hall–Kier alpha value is -2.18. The van der Waals surface area contributed by atoms with Crippen molar-refractivity contribution in [1.29, 1.82) is 0 Å². The minimum Gasteiger partial charge on any atom is -0.324 e. The van der Waals surface area contributed by atoms with Crippen molar-refractivity contribution in [3.63, 3.8) is 0 Å². The Morgan fingerprint density at radius 1 is 1.15 bits per heavy atom. The lowest BCUT2D eigenvalue weighted by Gasteiger charge is -2.32. The van der Waals surface area contributed by atoms with Gasteiger partial charge in [0.05, 0.1) is 17.1 Å². The summed E-state index contributed by atoms with van der Waals surface area (Å²) in [6, 6.07) is 15.1. The second kappa shape index (κ2) is 7.60. The van der Waals surface area contributed by atoms with Crippen LogP contribution in [0, 0.1) is 0 Å². The van der Waals surface area contributed by atoms with E-state index >= 15 is 0 Å². The zero-order valence-corrected chi connectivity index (χ0v) is 15.9. The average Bonchev–Trinajstić information content (AvgIpc) is 2.60. The predicted octanol–water partition coefficient (Wildman–Crippen LogP) is 3.04. The molecule has 0 radical (unpaired) electrons. The number of anilines is 1. The molecule has 0 saturated heterocycles. The number of benzene rings is 2. The van der Waals surface area contributed by atoms with Gasteiger partial charge in [-0.3, -0.25) is 9.69 Å². The smallest absolute Gasteiger partial charge is 0.238 e. The van der Waals surface area contributed by atoms with Crippen LogP contribution >= 0.6 is 0 Å². The molecule has 26 heavy (non-hydrogen) atoms. The standard InChI is InChI=1S/C20H24N2O3S/c1-22(18-12-7-9-15-8-3-4-10-16(15)18)14-20(23)21-17-11-5-6-13-19(17)26(2,24)25/h3-6,8,10-11,13,18H,7,9,12,14H2,1-2H3,(H,21,23)/t18-/m0/s1. The van der Waals surface area contributed by atoms with Gasteiger partial charge in [-0.25, -0.2) is 8.42 Å². The zero-order chi connectivity index (χ0) is 18.7. The SMILES string of the molecule is CN(CC(=O)Nc1ccccc1S(C)(=O)=O)[C@H]1CCCc2ccccc21. The Morgan fingerprint density at radius 2 is 1.85 bits per heavy atom. The van der Waals surface area contributed by atoms with Crippen LogP contribution in [0.4, 0.5) is 5.69 Å². The van der Waals surface area contributed by atoms with E-state index in [4.69, 9.17) is 0 Å². The Balaban J connectivity index is 1.72. The topological polar surface area (TPSA) is 66.5 Å². The van der Waals surface area contributed by atoms with E-state index in [0.29, 0.717) is 5.69 Å². The summed E-state index contributed by atoms with van der Waals surface area (Å²) in [4.78, 5) is 14.7. The molecular weight excluding hydrogens is 348 g/mol. The number of amides is 1. The number of rotatable bonds is 5. The molecular formula is C20H24N2O3S. The molecule has 0 fully saturated rings. The van der Waals surface area contributed by atoms with Gasteiger partial charge < -0.3 is 5.32 Å². The molecule has 1 amide bonds. The van der Waals surface area contributed by atoms with Crippen molar-refractivity contribution in [3.8, 4) is 0 Å². The molecule has 1 N–H and O–H groups in total. The lowest BCUT2D eigenvalue weighted by Crippen LogP contribution is -2.35. The van der Waals surface area contributed by atoms with Crippen molar-refractivity contribution in [2.45, 2.75) is 30.2 Å². The number of hydrogen-bond donors (Lipinski definition) is 1. The molecule has 5 nitrogen and oxygen atoms in total. The maximum Gasteiger partial charge on any atom is 0.238 e. The number of nitrogens with zero attached hydrogens (tertiary/aromatic N) is 1. The van der Waals surface area contributed by atoms with Crippen molar-refractivity contribution in [2.75, 3.05) is 25.2 Å². The van der Waals surface area contributed by atoms with Crippen LogP contribution < -0.4 is 5.32 Å². The largest absolute Gasteiger partial charge is 0.324 e. The van der Waals surface area contributed by atoms with Crippen LogP contribution in [0.2, 0.25) is 0 Å². The second-order valence-corrected chi connectivity index (χ2v) is 8.82. The fourth-order valence-corrected chi connectivity index (χ4v) is 4.45. The molecule has 0 aliphatic heterocycles. The lowest BCUT2D eigenvalue weighted by molar-refractivity contribution is -0.117. The van der Waals surface area contributed by atoms with E-state index in [1.54, 1.807) is 18.2 Å². The van der Waals surface area contributed by atoms with Gasteiger partial charge in [-0.15, -0.1) is 0 Å². The number of carbonyl (C=O) groups excluding carboxylic acids is 1. The Kier molecular flexibility index (Phi) is 5.44. The number of fused-ring (bicyclic) bond motifs is 1. The van der Waals surface area contributed by atoms with Gasteiger partial charge in [-0.1, -0.05) is 36.4 Å². The van der Waals surface area contributed by atoms with E-state index < -0.39 is 9.84 Å². The van der Waals surface area contributed by atoms with Crippen LogP contribution in [0.5, 0.6) is 0 Å². The van der Waals surface area contributed by atoms with Crippen molar-refractivity contribution < 1.29 is 13.2 Å². The first kappa shape index (κ1) is 18.6. The fraction of sp³-hybridized carbons (Fsp3) is 0.350. The van der Waals surface area contributed by atoms with Crippen molar-refractivity contribution >= 4 is 21.4 Å². The fourth-order valence-electron chi connectivity index (χ4n) is 3.61. The summed E-state index contributed by atoms with van der Waals surface area (Å²) in [5.41, 5.74) is 2.96. The van der Waals surface area contributed by atoms with Gasteiger partial charge in [-0.05, 0) is 49.6 Å². The van der Waals surface area contributed by atoms with Gasteiger partial charge in [0, 0.05) is 12.3 Å². The van der Waals surface area contributed by atoms with Crippen LogP contribution in [0.15, 0.2) is 53.4 Å². The van der Waals surface area contributed by atoms with Gasteiger partial charge in [-0.2, -0.15) is 0 Å². The third-order valence-corrected chi connectivity index (χ3v) is 5.98. The summed E-state index contributed by atoms with van der Waals surface area (Å²) >= 11 is 0. The molecule has 1 aliphatic carbocycles. The van der Waals surface area contributed by atoms with E-state index in [1.165, 1.54) is 17.2 Å². The lowest BCUT2D eigenvalue weighted by atomic mass is 9.87. The van der Waals surface area contributed by atoms with Crippen molar-refractivity contribution in [1.82, 2.24) is 4.90 Å². The first-order valence-electron chi connectivity index (χ1n) is 8.73. The normalized spacial score (nSPS) is 17.0. The minimum absolute atomic E-state index is 0.138. The Bertz CT molecular complexity index is 909. The first-order valence-corrected chi connectivity index (χ1v) is 10.6. The van der Waals surface area contributed by atoms with E-state index in [2.05, 4.69) is 23.5 Å². The molecule has 0 saturated carbocycles. The molecule has 1 aliphatic rings. The second-order valence-electron chi connectivity index (χ2n) is 6.84.